The molecule has 1 atom stereocenters. The molecule has 0 fully saturated rings. The van der Waals surface area contributed by atoms with E-state index < -0.39 is 24.5 Å². The molecule has 5 nitrogen and oxygen atoms in total. The van der Waals surface area contributed by atoms with Crippen molar-refractivity contribution in [1.29, 1.82) is 0 Å². The third-order valence-corrected chi connectivity index (χ3v) is 3.43. The summed E-state index contributed by atoms with van der Waals surface area (Å²) in [6.45, 7) is 3.33. The molecular weight excluding hydrogens is 353 g/mol. The van der Waals surface area contributed by atoms with Crippen molar-refractivity contribution in [2.45, 2.75) is 26.3 Å². The topological polar surface area (TPSA) is 75.6 Å². The molecule has 0 radical (unpaired) electrons. The smallest absolute Gasteiger partial charge is 0.326 e. The summed E-state index contributed by atoms with van der Waals surface area (Å²) in [6.07, 6.45) is 0.323. The largest absolute Gasteiger partial charge is 0.481 e. The standard InChI is InChI=1S/C14H16Cl3NO4/c1-7(2)3-11(14(20)21)18-12(19)6-22-13-9(16)4-8(15)5-10(13)17/h4-5,7,11H,3,6H2,1-2H3,(H,18,19)(H,20,21)/t11-/m0/s1. The number of rotatable bonds is 7. The van der Waals surface area contributed by atoms with Gasteiger partial charge in [0.1, 0.15) is 6.04 Å². The van der Waals surface area contributed by atoms with Gasteiger partial charge in [0.15, 0.2) is 12.4 Å². The summed E-state index contributed by atoms with van der Waals surface area (Å²) in [5, 5.41) is 12.1. The molecule has 0 aliphatic rings. The molecule has 0 saturated heterocycles. The second-order valence-electron chi connectivity index (χ2n) is 5.08. The lowest BCUT2D eigenvalue weighted by molar-refractivity contribution is -0.142. The van der Waals surface area contributed by atoms with Crippen molar-refractivity contribution in [1.82, 2.24) is 5.32 Å². The van der Waals surface area contributed by atoms with E-state index in [1.807, 2.05) is 13.8 Å². The van der Waals surface area contributed by atoms with Gasteiger partial charge in [0.2, 0.25) is 0 Å². The van der Waals surface area contributed by atoms with Crippen LogP contribution in [0.15, 0.2) is 12.1 Å². The van der Waals surface area contributed by atoms with Gasteiger partial charge in [-0.05, 0) is 24.5 Å². The lowest BCUT2D eigenvalue weighted by Crippen LogP contribution is -2.43. The number of carbonyl (C=O) groups excluding carboxylic acids is 1. The summed E-state index contributed by atoms with van der Waals surface area (Å²) in [5.41, 5.74) is 0. The molecule has 0 heterocycles. The minimum atomic E-state index is -1.09. The molecule has 1 aromatic rings. The summed E-state index contributed by atoms with van der Waals surface area (Å²) in [5.74, 6) is -1.42. The highest BCUT2D eigenvalue weighted by atomic mass is 35.5. The SMILES string of the molecule is CC(C)C[C@H](NC(=O)COc1c(Cl)cc(Cl)cc1Cl)C(=O)O. The van der Waals surface area contributed by atoms with E-state index in [2.05, 4.69) is 5.32 Å². The minimum Gasteiger partial charge on any atom is -0.481 e. The first kappa shape index (κ1) is 18.9. The van der Waals surface area contributed by atoms with Crippen LogP contribution in [0.5, 0.6) is 5.75 Å². The average molecular weight is 369 g/mol. The Morgan fingerprint density at radius 1 is 1.23 bits per heavy atom. The fourth-order valence-corrected chi connectivity index (χ4v) is 2.66. The number of ether oxygens (including phenoxy) is 1. The molecule has 8 heteroatoms. The number of aliphatic carboxylic acids is 1. The zero-order valence-corrected chi connectivity index (χ0v) is 14.3. The summed E-state index contributed by atoms with van der Waals surface area (Å²) >= 11 is 17.6. The van der Waals surface area contributed by atoms with Crippen LogP contribution in [-0.2, 0) is 9.59 Å². The lowest BCUT2D eigenvalue weighted by Gasteiger charge is -2.17. The zero-order valence-electron chi connectivity index (χ0n) is 12.0. The fraction of sp³-hybridized carbons (Fsp3) is 0.429. The molecule has 2 N–H and O–H groups in total. The number of hydrogen-bond acceptors (Lipinski definition) is 3. The fourth-order valence-electron chi connectivity index (χ4n) is 1.73. The van der Waals surface area contributed by atoms with Crippen LogP contribution in [-0.4, -0.2) is 29.6 Å². The Morgan fingerprint density at radius 2 is 1.77 bits per heavy atom. The third-order valence-electron chi connectivity index (χ3n) is 2.65. The highest BCUT2D eigenvalue weighted by Gasteiger charge is 2.21. The third kappa shape index (κ3) is 5.91. The summed E-state index contributed by atoms with van der Waals surface area (Å²) in [7, 11) is 0. The molecule has 0 saturated carbocycles. The molecule has 0 aliphatic heterocycles. The van der Waals surface area contributed by atoms with E-state index in [1.54, 1.807) is 0 Å². The molecule has 1 rings (SSSR count). The molecule has 22 heavy (non-hydrogen) atoms. The first-order valence-electron chi connectivity index (χ1n) is 6.50. The molecule has 122 valence electrons. The van der Waals surface area contributed by atoms with E-state index >= 15 is 0 Å². The van der Waals surface area contributed by atoms with Gasteiger partial charge in [-0.3, -0.25) is 4.79 Å². The molecule has 0 unspecified atom stereocenters. The number of hydrogen-bond donors (Lipinski definition) is 2. The summed E-state index contributed by atoms with van der Waals surface area (Å²) < 4.78 is 5.24. The van der Waals surface area contributed by atoms with Gasteiger partial charge in [0.05, 0.1) is 10.0 Å². The molecule has 0 aliphatic carbocycles. The average Bonchev–Trinajstić information content (AvgIpc) is 2.35. The molecular formula is C14H16Cl3NO4. The van der Waals surface area contributed by atoms with Gasteiger partial charge in [-0.2, -0.15) is 0 Å². The Labute approximate surface area is 143 Å². The van der Waals surface area contributed by atoms with Crippen molar-refractivity contribution in [3.05, 3.63) is 27.2 Å². The number of nitrogens with one attached hydrogen (secondary N) is 1. The maximum Gasteiger partial charge on any atom is 0.326 e. The predicted octanol–water partition coefficient (Wildman–Crippen LogP) is 3.64. The van der Waals surface area contributed by atoms with E-state index in [0.29, 0.717) is 11.4 Å². The number of carboxylic acids is 1. The van der Waals surface area contributed by atoms with Crippen LogP contribution in [0.2, 0.25) is 15.1 Å². The zero-order chi connectivity index (χ0) is 16.9. The second-order valence-corrected chi connectivity index (χ2v) is 6.33. The van der Waals surface area contributed by atoms with Crippen molar-refractivity contribution in [2.75, 3.05) is 6.61 Å². The van der Waals surface area contributed by atoms with Crippen LogP contribution in [0.1, 0.15) is 20.3 Å². The Morgan fingerprint density at radius 3 is 2.23 bits per heavy atom. The monoisotopic (exact) mass is 367 g/mol. The van der Waals surface area contributed by atoms with E-state index in [9.17, 15) is 9.59 Å². The van der Waals surface area contributed by atoms with Gasteiger partial charge in [0.25, 0.3) is 5.91 Å². The molecule has 0 spiro atoms. The molecule has 1 aromatic carbocycles. The first-order chi connectivity index (χ1) is 10.2. The summed E-state index contributed by atoms with van der Waals surface area (Å²) in [4.78, 5) is 22.9. The van der Waals surface area contributed by atoms with Gasteiger partial charge in [0, 0.05) is 5.02 Å². The van der Waals surface area contributed by atoms with Gasteiger partial charge >= 0.3 is 5.97 Å². The number of amides is 1. The van der Waals surface area contributed by atoms with E-state index in [1.165, 1.54) is 12.1 Å². The van der Waals surface area contributed by atoms with Crippen molar-refractivity contribution in [3.8, 4) is 5.75 Å². The summed E-state index contributed by atoms with van der Waals surface area (Å²) in [6, 6.07) is 1.90. The number of carbonyl (C=O) groups is 2. The Hall–Kier alpha value is -1.17. The highest BCUT2D eigenvalue weighted by molar-refractivity contribution is 6.40. The van der Waals surface area contributed by atoms with E-state index in [4.69, 9.17) is 44.6 Å². The maximum absolute atomic E-state index is 11.8. The molecule has 0 aromatic heterocycles. The molecule has 1 amide bonds. The van der Waals surface area contributed by atoms with Crippen molar-refractivity contribution in [2.24, 2.45) is 5.92 Å². The van der Waals surface area contributed by atoms with Crippen molar-refractivity contribution >= 4 is 46.7 Å². The van der Waals surface area contributed by atoms with Crippen molar-refractivity contribution < 1.29 is 19.4 Å². The van der Waals surface area contributed by atoms with Crippen LogP contribution in [0.25, 0.3) is 0 Å². The van der Waals surface area contributed by atoms with E-state index in [-0.39, 0.29) is 21.7 Å². The van der Waals surface area contributed by atoms with Gasteiger partial charge in [-0.25, -0.2) is 4.79 Å². The highest BCUT2D eigenvalue weighted by Crippen LogP contribution is 2.35. The van der Waals surface area contributed by atoms with Crippen molar-refractivity contribution in [3.63, 3.8) is 0 Å². The normalized spacial score (nSPS) is 12.1. The van der Waals surface area contributed by atoms with Crippen LogP contribution in [0.4, 0.5) is 0 Å². The Kier molecular flexibility index (Phi) is 7.26. The van der Waals surface area contributed by atoms with Crippen LogP contribution >= 0.6 is 34.8 Å². The van der Waals surface area contributed by atoms with Gasteiger partial charge in [-0.1, -0.05) is 48.7 Å². The van der Waals surface area contributed by atoms with E-state index in [0.717, 1.165) is 0 Å². The quantitative estimate of drug-likeness (QED) is 0.770. The predicted molar refractivity (Wildman–Crippen MR) is 86.0 cm³/mol. The number of benzene rings is 1. The number of carboxylic acid groups (broad SMARTS) is 1. The van der Waals surface area contributed by atoms with Crippen LogP contribution < -0.4 is 10.1 Å². The van der Waals surface area contributed by atoms with Crippen LogP contribution in [0, 0.1) is 5.92 Å². The molecule has 0 bridgehead atoms. The van der Waals surface area contributed by atoms with Gasteiger partial charge in [-0.15, -0.1) is 0 Å². The number of halogens is 3. The van der Waals surface area contributed by atoms with Gasteiger partial charge < -0.3 is 15.2 Å². The maximum atomic E-state index is 11.8. The minimum absolute atomic E-state index is 0.124. The first-order valence-corrected chi connectivity index (χ1v) is 7.63. The Balaban J connectivity index is 2.64. The Bertz CT molecular complexity index is 540. The second kappa shape index (κ2) is 8.46. The lowest BCUT2D eigenvalue weighted by atomic mass is 10.0. The van der Waals surface area contributed by atoms with Crippen LogP contribution in [0.3, 0.4) is 0 Å².